The highest BCUT2D eigenvalue weighted by Crippen LogP contribution is 2.26. The molecule has 0 radical (unpaired) electrons. The number of non-ortho nitro benzene ring substituents is 1. The molecule has 0 spiro atoms. The molecule has 0 aliphatic rings. The maximum absolute atomic E-state index is 13.8. The average Bonchev–Trinajstić information content (AvgIpc) is 2.93. The lowest BCUT2D eigenvalue weighted by molar-refractivity contribution is -0.384. The van der Waals surface area contributed by atoms with E-state index in [1.54, 1.807) is 19.9 Å². The molecule has 0 bridgehead atoms. The van der Waals surface area contributed by atoms with Crippen LogP contribution in [-0.4, -0.2) is 49.2 Å². The highest BCUT2D eigenvalue weighted by atomic mass is 32.2. The summed E-state index contributed by atoms with van der Waals surface area (Å²) >= 11 is 0. The van der Waals surface area contributed by atoms with E-state index in [0.29, 0.717) is 12.1 Å². The molecule has 3 aromatic carbocycles. The zero-order chi connectivity index (χ0) is 28.6. The number of nitrogens with one attached hydrogen (secondary N) is 1. The number of rotatable bonds is 12. The van der Waals surface area contributed by atoms with E-state index in [4.69, 9.17) is 0 Å². The zero-order valence-corrected chi connectivity index (χ0v) is 22.3. The van der Waals surface area contributed by atoms with Gasteiger partial charge >= 0.3 is 0 Å². The molecule has 0 aliphatic heterocycles. The number of sulfonamides is 1. The molecule has 2 amide bonds. The van der Waals surface area contributed by atoms with Crippen molar-refractivity contribution in [1.82, 2.24) is 10.2 Å². The fraction of sp³-hybridized carbons (Fsp3) is 0.259. The van der Waals surface area contributed by atoms with Gasteiger partial charge in [-0.2, -0.15) is 0 Å². The van der Waals surface area contributed by atoms with Crippen LogP contribution in [0.15, 0.2) is 83.8 Å². The first-order valence-corrected chi connectivity index (χ1v) is 13.7. The molecular formula is C27H29FN4O6S. The van der Waals surface area contributed by atoms with Crippen LogP contribution in [-0.2, 0) is 26.2 Å². The van der Waals surface area contributed by atoms with Gasteiger partial charge < -0.3 is 10.2 Å². The minimum absolute atomic E-state index is 0.0330. The summed E-state index contributed by atoms with van der Waals surface area (Å²) in [5, 5.41) is 13.8. The molecule has 10 nitrogen and oxygen atoms in total. The van der Waals surface area contributed by atoms with Crippen molar-refractivity contribution in [2.75, 3.05) is 17.4 Å². The van der Waals surface area contributed by atoms with Crippen molar-refractivity contribution in [1.29, 1.82) is 0 Å². The predicted octanol–water partition coefficient (Wildman–Crippen LogP) is 3.87. The van der Waals surface area contributed by atoms with Gasteiger partial charge in [-0.05, 0) is 55.3 Å². The Bertz CT molecular complexity index is 1400. The number of halogens is 1. The first-order chi connectivity index (χ1) is 18.6. The Kier molecular flexibility index (Phi) is 9.72. The summed E-state index contributed by atoms with van der Waals surface area (Å²) in [4.78, 5) is 38.4. The number of nitro benzene ring substituents is 1. The number of carbonyl (C=O) groups excluding carboxylic acids is 2. The van der Waals surface area contributed by atoms with Crippen molar-refractivity contribution in [3.05, 3.63) is 100 Å². The standard InChI is InChI=1S/C27H29FN4O6S/c1-3-25(27(34)29-4-2)30(18-20-10-12-21(28)13-11-20)26(33)19-31(22-14-16-23(17-15-22)32(35)36)39(37,38)24-8-6-5-7-9-24/h5-17,25H,3-4,18-19H2,1-2H3,(H,29,34). The molecule has 0 saturated heterocycles. The van der Waals surface area contributed by atoms with Gasteiger partial charge in [0.15, 0.2) is 0 Å². The number of hydrogen-bond donors (Lipinski definition) is 1. The Labute approximate surface area is 226 Å². The van der Waals surface area contributed by atoms with Crippen LogP contribution in [0, 0.1) is 15.9 Å². The molecule has 1 atom stereocenters. The first-order valence-electron chi connectivity index (χ1n) is 12.2. The average molecular weight is 557 g/mol. The highest BCUT2D eigenvalue weighted by molar-refractivity contribution is 7.92. The molecular weight excluding hydrogens is 527 g/mol. The van der Waals surface area contributed by atoms with E-state index >= 15 is 0 Å². The van der Waals surface area contributed by atoms with Gasteiger partial charge in [-0.15, -0.1) is 0 Å². The molecule has 1 unspecified atom stereocenters. The van der Waals surface area contributed by atoms with Gasteiger partial charge in [0.1, 0.15) is 18.4 Å². The Morgan fingerprint density at radius 1 is 0.974 bits per heavy atom. The van der Waals surface area contributed by atoms with Gasteiger partial charge in [0, 0.05) is 25.2 Å². The van der Waals surface area contributed by atoms with Crippen molar-refractivity contribution < 1.29 is 27.3 Å². The number of nitro groups is 1. The molecule has 3 aromatic rings. The normalized spacial score (nSPS) is 11.9. The number of carbonyl (C=O) groups is 2. The van der Waals surface area contributed by atoms with Gasteiger partial charge in [0.25, 0.3) is 15.7 Å². The molecule has 0 heterocycles. The number of likely N-dealkylation sites (N-methyl/N-ethyl adjacent to an activating group) is 1. The molecule has 206 valence electrons. The minimum Gasteiger partial charge on any atom is -0.355 e. The van der Waals surface area contributed by atoms with Crippen LogP contribution in [0.5, 0.6) is 0 Å². The van der Waals surface area contributed by atoms with Crippen molar-refractivity contribution >= 4 is 33.2 Å². The topological polar surface area (TPSA) is 130 Å². The second-order valence-electron chi connectivity index (χ2n) is 8.56. The Hall–Kier alpha value is -4.32. The van der Waals surface area contributed by atoms with Crippen LogP contribution < -0.4 is 9.62 Å². The van der Waals surface area contributed by atoms with Gasteiger partial charge in [-0.3, -0.25) is 24.0 Å². The number of amides is 2. The zero-order valence-electron chi connectivity index (χ0n) is 21.5. The van der Waals surface area contributed by atoms with Crippen LogP contribution in [0.4, 0.5) is 15.8 Å². The lowest BCUT2D eigenvalue weighted by Gasteiger charge is -2.33. The number of anilines is 1. The Balaban J connectivity index is 2.06. The van der Waals surface area contributed by atoms with Crippen LogP contribution >= 0.6 is 0 Å². The predicted molar refractivity (Wildman–Crippen MR) is 144 cm³/mol. The summed E-state index contributed by atoms with van der Waals surface area (Å²) < 4.78 is 41.7. The van der Waals surface area contributed by atoms with E-state index in [-0.39, 0.29) is 29.2 Å². The summed E-state index contributed by atoms with van der Waals surface area (Å²) in [6.45, 7) is 3.02. The summed E-state index contributed by atoms with van der Waals surface area (Å²) in [6, 6.07) is 16.7. The van der Waals surface area contributed by atoms with Gasteiger partial charge in [-0.1, -0.05) is 37.3 Å². The molecule has 3 rings (SSSR count). The molecule has 0 aromatic heterocycles. The van der Waals surface area contributed by atoms with Crippen molar-refractivity contribution in [3.8, 4) is 0 Å². The van der Waals surface area contributed by atoms with Crippen LogP contribution in [0.2, 0.25) is 0 Å². The van der Waals surface area contributed by atoms with E-state index in [9.17, 15) is 32.5 Å². The number of hydrogen-bond acceptors (Lipinski definition) is 6. The van der Waals surface area contributed by atoms with E-state index in [1.165, 1.54) is 65.6 Å². The van der Waals surface area contributed by atoms with Crippen molar-refractivity contribution in [2.24, 2.45) is 0 Å². The first kappa shape index (κ1) is 29.2. The Morgan fingerprint density at radius 3 is 2.13 bits per heavy atom. The van der Waals surface area contributed by atoms with E-state index in [2.05, 4.69) is 5.32 Å². The second kappa shape index (κ2) is 13.0. The smallest absolute Gasteiger partial charge is 0.269 e. The highest BCUT2D eigenvalue weighted by Gasteiger charge is 2.33. The van der Waals surface area contributed by atoms with Crippen LogP contribution in [0.1, 0.15) is 25.8 Å². The van der Waals surface area contributed by atoms with Crippen molar-refractivity contribution in [2.45, 2.75) is 37.8 Å². The summed E-state index contributed by atoms with van der Waals surface area (Å²) in [5.41, 5.74) is 0.327. The van der Waals surface area contributed by atoms with Crippen LogP contribution in [0.25, 0.3) is 0 Å². The number of nitrogens with zero attached hydrogens (tertiary/aromatic N) is 3. The van der Waals surface area contributed by atoms with E-state index in [1.807, 2.05) is 0 Å². The van der Waals surface area contributed by atoms with E-state index < -0.39 is 45.2 Å². The largest absolute Gasteiger partial charge is 0.355 e. The van der Waals surface area contributed by atoms with Crippen LogP contribution in [0.3, 0.4) is 0 Å². The fourth-order valence-electron chi connectivity index (χ4n) is 3.99. The third-order valence-electron chi connectivity index (χ3n) is 5.96. The monoisotopic (exact) mass is 556 g/mol. The third kappa shape index (κ3) is 7.17. The fourth-order valence-corrected chi connectivity index (χ4v) is 5.42. The molecule has 0 fully saturated rings. The summed E-state index contributed by atoms with van der Waals surface area (Å²) in [6.07, 6.45) is 0.238. The molecule has 0 saturated carbocycles. The van der Waals surface area contributed by atoms with Gasteiger partial charge in [0.2, 0.25) is 11.8 Å². The molecule has 39 heavy (non-hydrogen) atoms. The quantitative estimate of drug-likeness (QED) is 0.266. The lowest BCUT2D eigenvalue weighted by Crippen LogP contribution is -2.52. The van der Waals surface area contributed by atoms with Gasteiger partial charge in [0.05, 0.1) is 15.5 Å². The summed E-state index contributed by atoms with van der Waals surface area (Å²) in [7, 11) is -4.29. The Morgan fingerprint density at radius 2 is 1.59 bits per heavy atom. The lowest BCUT2D eigenvalue weighted by atomic mass is 10.1. The summed E-state index contributed by atoms with van der Waals surface area (Å²) in [5.74, 6) is -1.57. The van der Waals surface area contributed by atoms with Gasteiger partial charge in [-0.25, -0.2) is 12.8 Å². The van der Waals surface area contributed by atoms with E-state index in [0.717, 1.165) is 16.4 Å². The maximum Gasteiger partial charge on any atom is 0.269 e. The van der Waals surface area contributed by atoms with Crippen molar-refractivity contribution in [3.63, 3.8) is 0 Å². The third-order valence-corrected chi connectivity index (χ3v) is 7.75. The maximum atomic E-state index is 13.8. The minimum atomic E-state index is -4.29. The second-order valence-corrected chi connectivity index (χ2v) is 10.4. The molecule has 12 heteroatoms. The molecule has 0 aliphatic carbocycles. The SMILES string of the molecule is CCNC(=O)C(CC)N(Cc1ccc(F)cc1)C(=O)CN(c1ccc([N+](=O)[O-])cc1)S(=O)(=O)c1ccccc1. The molecule has 1 N–H and O–H groups in total. The number of benzene rings is 3.